The number of carbonyl (C=O) groups excluding carboxylic acids is 1. The fourth-order valence-corrected chi connectivity index (χ4v) is 2.95. The number of Topliss-reactive ketones (excluding diaryl/α,β-unsaturated/α-hetero) is 1. The first kappa shape index (κ1) is 10.8. The number of hydrogen-bond donors (Lipinski definition) is 0. The van der Waals surface area contributed by atoms with Crippen molar-refractivity contribution in [1.82, 2.24) is 0 Å². The molecule has 0 amide bonds. The van der Waals surface area contributed by atoms with Gasteiger partial charge in [-0.25, -0.2) is 0 Å². The smallest absolute Gasteiger partial charge is 0.163 e. The van der Waals surface area contributed by atoms with E-state index in [1.54, 1.807) is 0 Å². The monoisotopic (exact) mass is 230 g/mol. The van der Waals surface area contributed by atoms with Crippen molar-refractivity contribution in [3.8, 4) is 5.75 Å². The third kappa shape index (κ3) is 2.21. The standard InChI is InChI=1S/C15H18O2/c16-14(9-11-3-1-2-4-11)12-5-6-15-13(10-12)7-8-17-15/h5-6,10-11H,1-4,7-9H2. The molecular weight excluding hydrogens is 212 g/mol. The van der Waals surface area contributed by atoms with Crippen LogP contribution in [0.2, 0.25) is 0 Å². The highest BCUT2D eigenvalue weighted by Gasteiger charge is 2.20. The number of fused-ring (bicyclic) bond motifs is 1. The summed E-state index contributed by atoms with van der Waals surface area (Å²) >= 11 is 0. The summed E-state index contributed by atoms with van der Waals surface area (Å²) in [6.07, 6.45) is 6.76. The van der Waals surface area contributed by atoms with Crippen LogP contribution in [0, 0.1) is 5.92 Å². The number of ketones is 1. The second-order valence-electron chi connectivity index (χ2n) is 5.20. The van der Waals surface area contributed by atoms with Crippen molar-refractivity contribution < 1.29 is 9.53 Å². The van der Waals surface area contributed by atoms with Gasteiger partial charge in [0.25, 0.3) is 0 Å². The summed E-state index contributed by atoms with van der Waals surface area (Å²) in [5.74, 6) is 1.90. The van der Waals surface area contributed by atoms with Crippen molar-refractivity contribution in [3.05, 3.63) is 29.3 Å². The number of ether oxygens (including phenoxy) is 1. The first-order chi connectivity index (χ1) is 8.33. The number of benzene rings is 1. The van der Waals surface area contributed by atoms with Crippen LogP contribution in [-0.4, -0.2) is 12.4 Å². The van der Waals surface area contributed by atoms with Crippen molar-refractivity contribution in [1.29, 1.82) is 0 Å². The fourth-order valence-electron chi connectivity index (χ4n) is 2.95. The van der Waals surface area contributed by atoms with E-state index in [9.17, 15) is 4.79 Å². The summed E-state index contributed by atoms with van der Waals surface area (Å²) in [7, 11) is 0. The molecule has 1 aliphatic carbocycles. The molecule has 1 fully saturated rings. The van der Waals surface area contributed by atoms with E-state index in [1.807, 2.05) is 18.2 Å². The van der Waals surface area contributed by atoms with Crippen LogP contribution in [0.5, 0.6) is 5.75 Å². The Morgan fingerprint density at radius 3 is 2.94 bits per heavy atom. The van der Waals surface area contributed by atoms with Crippen LogP contribution < -0.4 is 4.74 Å². The van der Waals surface area contributed by atoms with Gasteiger partial charge < -0.3 is 4.74 Å². The van der Waals surface area contributed by atoms with E-state index < -0.39 is 0 Å². The van der Waals surface area contributed by atoms with Gasteiger partial charge in [0.2, 0.25) is 0 Å². The van der Waals surface area contributed by atoms with Gasteiger partial charge >= 0.3 is 0 Å². The molecular formula is C15H18O2. The maximum Gasteiger partial charge on any atom is 0.163 e. The highest BCUT2D eigenvalue weighted by Crippen LogP contribution is 2.30. The molecule has 0 N–H and O–H groups in total. The van der Waals surface area contributed by atoms with E-state index in [2.05, 4.69) is 0 Å². The van der Waals surface area contributed by atoms with Gasteiger partial charge in [-0.15, -0.1) is 0 Å². The van der Waals surface area contributed by atoms with Crippen LogP contribution in [0.3, 0.4) is 0 Å². The first-order valence-electron chi connectivity index (χ1n) is 6.62. The zero-order valence-electron chi connectivity index (χ0n) is 10.1. The molecule has 1 saturated carbocycles. The number of rotatable bonds is 3. The number of hydrogen-bond acceptors (Lipinski definition) is 2. The highest BCUT2D eigenvalue weighted by molar-refractivity contribution is 5.96. The van der Waals surface area contributed by atoms with Crippen molar-refractivity contribution in [3.63, 3.8) is 0 Å². The van der Waals surface area contributed by atoms with Gasteiger partial charge in [-0.2, -0.15) is 0 Å². The first-order valence-corrected chi connectivity index (χ1v) is 6.62. The van der Waals surface area contributed by atoms with E-state index >= 15 is 0 Å². The zero-order valence-corrected chi connectivity index (χ0v) is 10.1. The van der Waals surface area contributed by atoms with Crippen LogP contribution in [-0.2, 0) is 6.42 Å². The Hall–Kier alpha value is -1.31. The molecule has 0 unspecified atom stereocenters. The molecule has 2 nitrogen and oxygen atoms in total. The molecule has 1 heterocycles. The van der Waals surface area contributed by atoms with Crippen LogP contribution in [0.1, 0.15) is 48.0 Å². The second kappa shape index (κ2) is 4.52. The Morgan fingerprint density at radius 1 is 1.29 bits per heavy atom. The Bertz CT molecular complexity index is 431. The van der Waals surface area contributed by atoms with Crippen molar-refractivity contribution in [2.75, 3.05) is 6.61 Å². The average molecular weight is 230 g/mol. The molecule has 90 valence electrons. The molecule has 0 bridgehead atoms. The summed E-state index contributed by atoms with van der Waals surface area (Å²) in [5, 5.41) is 0. The lowest BCUT2D eigenvalue weighted by Crippen LogP contribution is -2.06. The van der Waals surface area contributed by atoms with Crippen molar-refractivity contribution >= 4 is 5.78 Å². The molecule has 3 rings (SSSR count). The minimum Gasteiger partial charge on any atom is -0.493 e. The van der Waals surface area contributed by atoms with Crippen LogP contribution >= 0.6 is 0 Å². The predicted molar refractivity (Wildman–Crippen MR) is 66.5 cm³/mol. The molecule has 1 aliphatic heterocycles. The average Bonchev–Trinajstić information content (AvgIpc) is 2.97. The third-order valence-electron chi connectivity index (χ3n) is 3.96. The molecule has 17 heavy (non-hydrogen) atoms. The quantitative estimate of drug-likeness (QED) is 0.744. The molecule has 2 heteroatoms. The van der Waals surface area contributed by atoms with E-state index in [0.717, 1.165) is 30.8 Å². The summed E-state index contributed by atoms with van der Waals surface area (Å²) < 4.78 is 5.46. The normalized spacial score (nSPS) is 19.1. The Balaban J connectivity index is 1.72. The van der Waals surface area contributed by atoms with E-state index in [-0.39, 0.29) is 0 Å². The van der Waals surface area contributed by atoms with Gasteiger partial charge in [0, 0.05) is 18.4 Å². The van der Waals surface area contributed by atoms with Gasteiger partial charge in [0.15, 0.2) is 5.78 Å². The molecule has 2 aliphatic rings. The van der Waals surface area contributed by atoms with Crippen molar-refractivity contribution in [2.24, 2.45) is 5.92 Å². The lowest BCUT2D eigenvalue weighted by Gasteiger charge is -2.08. The maximum absolute atomic E-state index is 12.2. The molecule has 0 spiro atoms. The predicted octanol–water partition coefficient (Wildman–Crippen LogP) is 3.38. The van der Waals surface area contributed by atoms with Crippen molar-refractivity contribution in [2.45, 2.75) is 38.5 Å². The largest absolute Gasteiger partial charge is 0.493 e. The lowest BCUT2D eigenvalue weighted by molar-refractivity contribution is 0.0962. The molecule has 0 radical (unpaired) electrons. The van der Waals surface area contributed by atoms with Gasteiger partial charge in [-0.3, -0.25) is 4.79 Å². The summed E-state index contributed by atoms with van der Waals surface area (Å²) in [4.78, 5) is 12.2. The molecule has 1 aromatic rings. The molecule has 0 aromatic heterocycles. The van der Waals surface area contributed by atoms with Gasteiger partial charge in [-0.05, 0) is 29.7 Å². The van der Waals surface area contributed by atoms with Gasteiger partial charge in [-0.1, -0.05) is 25.7 Å². The summed E-state index contributed by atoms with van der Waals surface area (Å²) in [6.45, 7) is 0.760. The van der Waals surface area contributed by atoms with Gasteiger partial charge in [0.1, 0.15) is 5.75 Å². The van der Waals surface area contributed by atoms with Crippen LogP contribution in [0.25, 0.3) is 0 Å². The molecule has 0 saturated heterocycles. The SMILES string of the molecule is O=C(CC1CCCC1)c1ccc2c(c1)CCO2. The maximum atomic E-state index is 12.2. The summed E-state index contributed by atoms with van der Waals surface area (Å²) in [6, 6.07) is 5.89. The minimum atomic E-state index is 0.312. The minimum absolute atomic E-state index is 0.312. The van der Waals surface area contributed by atoms with E-state index in [4.69, 9.17) is 4.74 Å². The Morgan fingerprint density at radius 2 is 2.12 bits per heavy atom. The van der Waals surface area contributed by atoms with E-state index in [0.29, 0.717) is 11.7 Å². The van der Waals surface area contributed by atoms with Crippen LogP contribution in [0.4, 0.5) is 0 Å². The molecule has 1 aromatic carbocycles. The summed E-state index contributed by atoms with van der Waals surface area (Å²) in [5.41, 5.74) is 2.07. The topological polar surface area (TPSA) is 26.3 Å². The fraction of sp³-hybridized carbons (Fsp3) is 0.533. The second-order valence-corrected chi connectivity index (χ2v) is 5.20. The highest BCUT2D eigenvalue weighted by atomic mass is 16.5. The van der Waals surface area contributed by atoms with Gasteiger partial charge in [0.05, 0.1) is 6.61 Å². The zero-order chi connectivity index (χ0) is 11.7. The molecule has 0 atom stereocenters. The Labute approximate surface area is 102 Å². The van der Waals surface area contributed by atoms with Crippen LogP contribution in [0.15, 0.2) is 18.2 Å². The number of carbonyl (C=O) groups is 1. The Kier molecular flexibility index (Phi) is 2.87. The van der Waals surface area contributed by atoms with E-state index in [1.165, 1.54) is 31.2 Å². The third-order valence-corrected chi connectivity index (χ3v) is 3.96. The lowest BCUT2D eigenvalue weighted by atomic mass is 9.96.